The van der Waals surface area contributed by atoms with Crippen molar-refractivity contribution in [3.05, 3.63) is 35.2 Å². The Morgan fingerprint density at radius 2 is 2.30 bits per heavy atom. The zero-order chi connectivity index (χ0) is 16.1. The molecular weight excluding hydrogens is 315 g/mol. The molecule has 2 unspecified atom stereocenters. The van der Waals surface area contributed by atoms with Crippen molar-refractivity contribution < 1.29 is 9.18 Å². The second-order valence-electron chi connectivity index (χ2n) is 7.30. The summed E-state index contributed by atoms with van der Waals surface area (Å²) in [5.41, 5.74) is 0.289. The van der Waals surface area contributed by atoms with E-state index < -0.39 is 0 Å². The first-order chi connectivity index (χ1) is 11.0. The van der Waals surface area contributed by atoms with Gasteiger partial charge in [0.25, 0.3) is 0 Å². The second kappa shape index (κ2) is 5.30. The summed E-state index contributed by atoms with van der Waals surface area (Å²) in [7, 11) is 0. The van der Waals surface area contributed by atoms with Crippen molar-refractivity contribution in [2.75, 3.05) is 0 Å². The molecule has 1 heterocycles. The Bertz CT molecular complexity index is 658. The number of allylic oxidation sites excluding steroid dienone is 5. The van der Waals surface area contributed by atoms with Crippen molar-refractivity contribution >= 4 is 23.7 Å². The molecule has 3 aliphatic carbocycles. The highest BCUT2D eigenvalue weighted by molar-refractivity contribution is 6.31. The van der Waals surface area contributed by atoms with E-state index >= 15 is 0 Å². The third-order valence-electron chi connectivity index (χ3n) is 5.77. The molecule has 0 aromatic carbocycles. The summed E-state index contributed by atoms with van der Waals surface area (Å²) in [6, 6.07) is -0.268. The van der Waals surface area contributed by atoms with Crippen LogP contribution in [0.1, 0.15) is 38.5 Å². The summed E-state index contributed by atoms with van der Waals surface area (Å²) in [6.07, 6.45) is 14.4. The molecule has 0 radical (unpaired) electrons. The van der Waals surface area contributed by atoms with Crippen molar-refractivity contribution in [3.8, 4) is 0 Å². The first-order valence-corrected chi connectivity index (χ1v) is 8.64. The minimum absolute atomic E-state index is 0.0190. The minimum atomic E-state index is -0.268. The van der Waals surface area contributed by atoms with Gasteiger partial charge in [0.1, 0.15) is 11.9 Å². The lowest BCUT2D eigenvalue weighted by Crippen LogP contribution is -2.38. The molecule has 2 saturated carbocycles. The van der Waals surface area contributed by atoms with Gasteiger partial charge in [-0.05, 0) is 55.6 Å². The average Bonchev–Trinajstić information content (AvgIpc) is 3.35. The van der Waals surface area contributed by atoms with E-state index in [1.165, 1.54) is 0 Å². The number of carbonyl (C=O) groups excluding carboxylic acids is 1. The van der Waals surface area contributed by atoms with Crippen LogP contribution in [0.5, 0.6) is 0 Å². The summed E-state index contributed by atoms with van der Waals surface area (Å²) in [5.74, 6) is 0.0731. The SMILES string of the molecule is O=C(NC12CC1(CCC1C=CC(Cl)=C(F)C1)C2)C1CC=CC=N1. The van der Waals surface area contributed by atoms with Crippen LogP contribution in [0, 0.1) is 11.3 Å². The standard InChI is InChI=1S/C18H20ClFN2O/c19-13-5-4-12(9-14(13)20)6-7-17-10-18(17,11-17)22-16(23)15-3-1-2-8-21-15/h1-2,4-5,8,12,15H,3,6-7,9-11H2,(H,22,23). The van der Waals surface area contributed by atoms with Crippen LogP contribution < -0.4 is 5.32 Å². The molecule has 0 aromatic heterocycles. The number of dihydropyridines is 1. The molecule has 0 saturated heterocycles. The van der Waals surface area contributed by atoms with E-state index in [0.717, 1.165) is 25.7 Å². The molecule has 0 aromatic rings. The summed E-state index contributed by atoms with van der Waals surface area (Å²) >= 11 is 5.75. The molecule has 2 atom stereocenters. The van der Waals surface area contributed by atoms with Crippen LogP contribution >= 0.6 is 11.6 Å². The fourth-order valence-electron chi connectivity index (χ4n) is 4.00. The van der Waals surface area contributed by atoms with Gasteiger partial charge >= 0.3 is 0 Å². The first-order valence-electron chi connectivity index (χ1n) is 8.26. The van der Waals surface area contributed by atoms with Crippen molar-refractivity contribution in [3.63, 3.8) is 0 Å². The van der Waals surface area contributed by atoms with Gasteiger partial charge in [0.15, 0.2) is 0 Å². The van der Waals surface area contributed by atoms with Gasteiger partial charge in [0, 0.05) is 18.2 Å². The molecule has 2 fully saturated rings. The van der Waals surface area contributed by atoms with E-state index in [0.29, 0.717) is 12.8 Å². The number of carbonyl (C=O) groups is 1. The van der Waals surface area contributed by atoms with Gasteiger partial charge in [-0.25, -0.2) is 4.39 Å². The van der Waals surface area contributed by atoms with Gasteiger partial charge in [-0.1, -0.05) is 23.8 Å². The molecule has 5 heteroatoms. The normalized spacial score (nSPS) is 40.1. The van der Waals surface area contributed by atoms with Gasteiger partial charge < -0.3 is 5.32 Å². The van der Waals surface area contributed by atoms with Crippen LogP contribution in [-0.2, 0) is 4.79 Å². The maximum absolute atomic E-state index is 13.5. The lowest BCUT2D eigenvalue weighted by molar-refractivity contribution is -0.122. The third-order valence-corrected chi connectivity index (χ3v) is 6.10. The van der Waals surface area contributed by atoms with Crippen LogP contribution in [0.25, 0.3) is 0 Å². The molecule has 3 nitrogen and oxygen atoms in total. The van der Waals surface area contributed by atoms with Gasteiger partial charge in [0.2, 0.25) is 5.91 Å². The average molecular weight is 335 g/mol. The maximum Gasteiger partial charge on any atom is 0.245 e. The zero-order valence-electron chi connectivity index (χ0n) is 12.9. The highest BCUT2D eigenvalue weighted by atomic mass is 35.5. The predicted octanol–water partition coefficient (Wildman–Crippen LogP) is 3.81. The summed E-state index contributed by atoms with van der Waals surface area (Å²) in [4.78, 5) is 16.5. The molecule has 23 heavy (non-hydrogen) atoms. The van der Waals surface area contributed by atoms with Gasteiger partial charge in [-0.2, -0.15) is 0 Å². The zero-order valence-corrected chi connectivity index (χ0v) is 13.7. The number of amides is 1. The van der Waals surface area contributed by atoms with Crippen molar-refractivity contribution in [2.24, 2.45) is 16.3 Å². The van der Waals surface area contributed by atoms with E-state index in [-0.39, 0.29) is 39.7 Å². The summed E-state index contributed by atoms with van der Waals surface area (Å²) in [5, 5.41) is 3.45. The molecule has 4 aliphatic rings. The van der Waals surface area contributed by atoms with Crippen molar-refractivity contribution in [2.45, 2.75) is 50.1 Å². The number of halogens is 2. The molecule has 4 rings (SSSR count). The monoisotopic (exact) mass is 334 g/mol. The first kappa shape index (κ1) is 15.1. The number of rotatable bonds is 5. The van der Waals surface area contributed by atoms with Crippen LogP contribution in [-0.4, -0.2) is 23.7 Å². The van der Waals surface area contributed by atoms with E-state index in [2.05, 4.69) is 10.3 Å². The molecular formula is C18H20ClFN2O. The molecule has 122 valence electrons. The van der Waals surface area contributed by atoms with E-state index in [1.54, 1.807) is 12.3 Å². The highest BCUT2D eigenvalue weighted by Crippen LogP contribution is 2.80. The van der Waals surface area contributed by atoms with Gasteiger partial charge in [0.05, 0.1) is 5.03 Å². The quantitative estimate of drug-likeness (QED) is 0.816. The van der Waals surface area contributed by atoms with Crippen molar-refractivity contribution in [1.29, 1.82) is 0 Å². The largest absolute Gasteiger partial charge is 0.348 e. The number of nitrogens with one attached hydrogen (secondary N) is 1. The number of hydrogen-bond donors (Lipinski definition) is 1. The second-order valence-corrected chi connectivity index (χ2v) is 7.71. The molecule has 1 aliphatic heterocycles. The Balaban J connectivity index is 1.26. The smallest absolute Gasteiger partial charge is 0.245 e. The lowest BCUT2D eigenvalue weighted by atomic mass is 9.92. The van der Waals surface area contributed by atoms with E-state index in [1.807, 2.05) is 18.2 Å². The minimum Gasteiger partial charge on any atom is -0.348 e. The number of fused-ring (bicyclic) bond motifs is 1. The van der Waals surface area contributed by atoms with Crippen molar-refractivity contribution in [1.82, 2.24) is 5.32 Å². The molecule has 1 N–H and O–H groups in total. The molecule has 0 spiro atoms. The van der Waals surface area contributed by atoms with Crippen LogP contribution in [0.3, 0.4) is 0 Å². The number of aliphatic imine (C=N–C) groups is 1. The van der Waals surface area contributed by atoms with E-state index in [9.17, 15) is 9.18 Å². The Labute approximate surface area is 140 Å². The molecule has 0 bridgehead atoms. The maximum atomic E-state index is 13.5. The van der Waals surface area contributed by atoms with Crippen LogP contribution in [0.4, 0.5) is 4.39 Å². The van der Waals surface area contributed by atoms with Crippen LogP contribution in [0.2, 0.25) is 0 Å². The predicted molar refractivity (Wildman–Crippen MR) is 89.0 cm³/mol. The van der Waals surface area contributed by atoms with Crippen LogP contribution in [0.15, 0.2) is 40.2 Å². The summed E-state index contributed by atoms with van der Waals surface area (Å²) < 4.78 is 13.5. The Morgan fingerprint density at radius 1 is 1.48 bits per heavy atom. The fraction of sp³-hybridized carbons (Fsp3) is 0.556. The third kappa shape index (κ3) is 2.67. The van der Waals surface area contributed by atoms with Gasteiger partial charge in [-0.3, -0.25) is 9.79 Å². The highest BCUT2D eigenvalue weighted by Gasteiger charge is 2.83. The Morgan fingerprint density at radius 3 is 3.00 bits per heavy atom. The van der Waals surface area contributed by atoms with E-state index in [4.69, 9.17) is 11.6 Å². The Kier molecular flexibility index (Phi) is 3.49. The molecule has 1 amide bonds. The fourth-order valence-corrected chi connectivity index (χ4v) is 4.15. The number of hydrogen-bond acceptors (Lipinski definition) is 2. The topological polar surface area (TPSA) is 41.5 Å². The lowest BCUT2D eigenvalue weighted by Gasteiger charge is -2.16. The van der Waals surface area contributed by atoms with Gasteiger partial charge in [-0.15, -0.1) is 0 Å². The summed E-state index contributed by atoms with van der Waals surface area (Å²) in [6.45, 7) is 0. The number of nitrogens with zero attached hydrogens (tertiary/aromatic N) is 1. The Hall–Kier alpha value is -1.42.